The molecular weight excluding hydrogens is 230 g/mol. The molecule has 7 heteroatoms. The number of carbonyl (C=O) groups excluding carboxylic acids is 1. The lowest BCUT2D eigenvalue weighted by atomic mass is 10.3. The lowest BCUT2D eigenvalue weighted by Gasteiger charge is -2.09. The van der Waals surface area contributed by atoms with Crippen molar-refractivity contribution in [3.8, 4) is 0 Å². The summed E-state index contributed by atoms with van der Waals surface area (Å²) in [7, 11) is 1.60. The summed E-state index contributed by atoms with van der Waals surface area (Å²) in [6.07, 6.45) is 0. The molecule has 0 aliphatic carbocycles. The Morgan fingerprint density at radius 3 is 2.18 bits per heavy atom. The van der Waals surface area contributed by atoms with Gasteiger partial charge in [-0.05, 0) is 0 Å². The zero-order chi connectivity index (χ0) is 12.9. The monoisotopic (exact) mass is 251 g/mol. The van der Waals surface area contributed by atoms with Crippen LogP contribution in [0.5, 0.6) is 0 Å². The summed E-state index contributed by atoms with van der Waals surface area (Å²) in [6, 6.07) is -0.979. The Hall–Kier alpha value is -0.730. The fraction of sp³-hybridized carbons (Fsp3) is 0.900. The summed E-state index contributed by atoms with van der Waals surface area (Å²) in [5.74, 6) is -0.632. The lowest BCUT2D eigenvalue weighted by molar-refractivity contribution is -0.147. The number of hydrogen-bond acceptors (Lipinski definition) is 7. The minimum Gasteiger partial charge on any atom is -0.462 e. The molecule has 0 spiro atoms. The van der Waals surface area contributed by atoms with E-state index >= 15 is 0 Å². The van der Waals surface area contributed by atoms with Crippen LogP contribution in [0.4, 0.5) is 0 Å². The molecule has 0 radical (unpaired) electrons. The van der Waals surface area contributed by atoms with E-state index in [9.17, 15) is 4.79 Å². The van der Waals surface area contributed by atoms with E-state index in [4.69, 9.17) is 29.8 Å². The highest BCUT2D eigenvalue weighted by molar-refractivity contribution is 5.75. The van der Waals surface area contributed by atoms with E-state index in [0.717, 1.165) is 0 Å². The Labute approximate surface area is 101 Å². The fourth-order valence-corrected chi connectivity index (χ4v) is 0.847. The van der Waals surface area contributed by atoms with E-state index in [2.05, 4.69) is 0 Å². The van der Waals surface area contributed by atoms with Crippen molar-refractivity contribution in [2.24, 2.45) is 5.73 Å². The van der Waals surface area contributed by atoms with Crippen molar-refractivity contribution in [3.05, 3.63) is 0 Å². The van der Waals surface area contributed by atoms with E-state index in [-0.39, 0.29) is 13.2 Å². The van der Waals surface area contributed by atoms with Gasteiger partial charge < -0.3 is 29.8 Å². The van der Waals surface area contributed by atoms with Gasteiger partial charge in [-0.1, -0.05) is 0 Å². The van der Waals surface area contributed by atoms with Gasteiger partial charge in [-0.25, -0.2) is 0 Å². The number of methoxy groups -OCH3 is 1. The van der Waals surface area contributed by atoms with Gasteiger partial charge in [0.1, 0.15) is 12.6 Å². The van der Waals surface area contributed by atoms with Gasteiger partial charge in [0.2, 0.25) is 0 Å². The van der Waals surface area contributed by atoms with E-state index < -0.39 is 18.6 Å². The van der Waals surface area contributed by atoms with E-state index in [0.29, 0.717) is 26.4 Å². The second-order valence-electron chi connectivity index (χ2n) is 3.17. The molecule has 1 unspecified atom stereocenters. The SMILES string of the molecule is COCCOCCOCCOC(=O)C(N)CO. The van der Waals surface area contributed by atoms with Crippen LogP contribution in [-0.2, 0) is 23.7 Å². The van der Waals surface area contributed by atoms with Gasteiger partial charge in [-0.3, -0.25) is 4.79 Å². The molecule has 0 rings (SSSR count). The molecule has 3 N–H and O–H groups in total. The lowest BCUT2D eigenvalue weighted by Crippen LogP contribution is -2.36. The van der Waals surface area contributed by atoms with Crippen molar-refractivity contribution < 1.29 is 28.8 Å². The number of aliphatic hydroxyl groups is 1. The van der Waals surface area contributed by atoms with Gasteiger partial charge in [0.05, 0.1) is 39.6 Å². The van der Waals surface area contributed by atoms with Crippen LogP contribution in [0.15, 0.2) is 0 Å². The summed E-state index contributed by atoms with van der Waals surface area (Å²) in [6.45, 7) is 1.94. The molecule has 0 aliphatic rings. The van der Waals surface area contributed by atoms with E-state index in [1.807, 2.05) is 0 Å². The Morgan fingerprint density at radius 1 is 1.12 bits per heavy atom. The minimum absolute atomic E-state index is 0.116. The van der Waals surface area contributed by atoms with Crippen LogP contribution in [0.25, 0.3) is 0 Å². The van der Waals surface area contributed by atoms with Gasteiger partial charge in [0, 0.05) is 7.11 Å². The molecule has 0 fully saturated rings. The molecule has 0 amide bonds. The molecule has 7 nitrogen and oxygen atoms in total. The van der Waals surface area contributed by atoms with Gasteiger partial charge in [0.25, 0.3) is 0 Å². The van der Waals surface area contributed by atoms with Crippen molar-refractivity contribution in [1.29, 1.82) is 0 Å². The Kier molecular flexibility index (Phi) is 11.2. The minimum atomic E-state index is -0.979. The van der Waals surface area contributed by atoms with Crippen LogP contribution in [0.2, 0.25) is 0 Å². The second kappa shape index (κ2) is 11.7. The molecule has 0 heterocycles. The summed E-state index contributed by atoms with van der Waals surface area (Å²) in [5.41, 5.74) is 5.23. The van der Waals surface area contributed by atoms with Crippen LogP contribution in [0.3, 0.4) is 0 Å². The highest BCUT2D eigenvalue weighted by atomic mass is 16.6. The molecular formula is C10H21NO6. The molecule has 0 aromatic carbocycles. The van der Waals surface area contributed by atoms with Gasteiger partial charge in [-0.2, -0.15) is 0 Å². The molecule has 1 atom stereocenters. The summed E-state index contributed by atoms with van der Waals surface area (Å²) in [4.78, 5) is 11.0. The molecule has 0 aromatic heterocycles. The van der Waals surface area contributed by atoms with Crippen LogP contribution >= 0.6 is 0 Å². The quantitative estimate of drug-likeness (QED) is 0.341. The zero-order valence-electron chi connectivity index (χ0n) is 10.1. The first-order valence-electron chi connectivity index (χ1n) is 5.40. The van der Waals surface area contributed by atoms with Crippen LogP contribution in [0, 0.1) is 0 Å². The highest BCUT2D eigenvalue weighted by Gasteiger charge is 2.12. The maximum absolute atomic E-state index is 11.0. The molecule has 0 saturated heterocycles. The summed E-state index contributed by atoms with van der Waals surface area (Å²) < 4.78 is 19.8. The number of rotatable bonds is 11. The number of hydrogen-bond donors (Lipinski definition) is 2. The maximum Gasteiger partial charge on any atom is 0.325 e. The first-order chi connectivity index (χ1) is 8.22. The van der Waals surface area contributed by atoms with Crippen molar-refractivity contribution in [2.45, 2.75) is 6.04 Å². The molecule has 17 heavy (non-hydrogen) atoms. The first kappa shape index (κ1) is 16.3. The Balaban J connectivity index is 3.16. The average molecular weight is 251 g/mol. The van der Waals surface area contributed by atoms with Crippen molar-refractivity contribution >= 4 is 5.97 Å². The predicted octanol–water partition coefficient (Wildman–Crippen LogP) is -1.47. The predicted molar refractivity (Wildman–Crippen MR) is 59.5 cm³/mol. The third kappa shape index (κ3) is 10.2. The number of carbonyl (C=O) groups is 1. The number of esters is 1. The largest absolute Gasteiger partial charge is 0.462 e. The second-order valence-corrected chi connectivity index (χ2v) is 3.17. The average Bonchev–Trinajstić information content (AvgIpc) is 2.35. The molecule has 0 aliphatic heterocycles. The zero-order valence-corrected chi connectivity index (χ0v) is 10.1. The Morgan fingerprint density at radius 2 is 1.65 bits per heavy atom. The van der Waals surface area contributed by atoms with Gasteiger partial charge in [-0.15, -0.1) is 0 Å². The third-order valence-electron chi connectivity index (χ3n) is 1.78. The third-order valence-corrected chi connectivity index (χ3v) is 1.78. The normalized spacial score (nSPS) is 12.4. The number of aliphatic hydroxyl groups excluding tert-OH is 1. The van der Waals surface area contributed by atoms with Gasteiger partial charge in [0.15, 0.2) is 0 Å². The molecule has 0 saturated carbocycles. The van der Waals surface area contributed by atoms with E-state index in [1.165, 1.54) is 0 Å². The topological polar surface area (TPSA) is 100 Å². The standard InChI is InChI=1S/C10H21NO6/c1-14-2-3-15-4-5-16-6-7-17-10(13)9(11)8-12/h9,12H,2-8,11H2,1H3. The van der Waals surface area contributed by atoms with Crippen molar-refractivity contribution in [2.75, 3.05) is 53.4 Å². The highest BCUT2D eigenvalue weighted by Crippen LogP contribution is 1.86. The van der Waals surface area contributed by atoms with E-state index in [1.54, 1.807) is 7.11 Å². The van der Waals surface area contributed by atoms with Crippen molar-refractivity contribution in [3.63, 3.8) is 0 Å². The summed E-state index contributed by atoms with van der Waals surface area (Å²) >= 11 is 0. The van der Waals surface area contributed by atoms with Gasteiger partial charge >= 0.3 is 5.97 Å². The van der Waals surface area contributed by atoms with Crippen LogP contribution in [-0.4, -0.2) is 70.5 Å². The Bertz CT molecular complexity index is 190. The summed E-state index contributed by atoms with van der Waals surface area (Å²) in [5, 5.41) is 8.56. The fourth-order valence-electron chi connectivity index (χ4n) is 0.847. The smallest absolute Gasteiger partial charge is 0.325 e. The van der Waals surface area contributed by atoms with Crippen LogP contribution < -0.4 is 5.73 Å². The van der Waals surface area contributed by atoms with Crippen LogP contribution in [0.1, 0.15) is 0 Å². The maximum atomic E-state index is 11.0. The first-order valence-corrected chi connectivity index (χ1v) is 5.40. The molecule has 0 aromatic rings. The van der Waals surface area contributed by atoms with Crippen molar-refractivity contribution in [1.82, 2.24) is 0 Å². The molecule has 102 valence electrons. The number of nitrogens with two attached hydrogens (primary N) is 1. The number of ether oxygens (including phenoxy) is 4. The molecule has 0 bridgehead atoms.